The Bertz CT molecular complexity index is 1230. The van der Waals surface area contributed by atoms with Crippen molar-refractivity contribution in [3.63, 3.8) is 0 Å². The summed E-state index contributed by atoms with van der Waals surface area (Å²) in [6.45, 7) is 4.69. The van der Waals surface area contributed by atoms with Gasteiger partial charge in [-0.05, 0) is 54.6 Å². The van der Waals surface area contributed by atoms with Crippen molar-refractivity contribution in [2.75, 3.05) is 26.2 Å². The van der Waals surface area contributed by atoms with Crippen molar-refractivity contribution >= 4 is 28.9 Å². The number of piperazine rings is 1. The van der Waals surface area contributed by atoms with E-state index in [0.717, 1.165) is 54.0 Å². The Balaban J connectivity index is 1.34. The zero-order valence-electron chi connectivity index (χ0n) is 19.0. The van der Waals surface area contributed by atoms with Crippen molar-refractivity contribution in [2.24, 2.45) is 4.99 Å². The van der Waals surface area contributed by atoms with Gasteiger partial charge in [-0.15, -0.1) is 0 Å². The van der Waals surface area contributed by atoms with Crippen LogP contribution in [0, 0.1) is 0 Å². The van der Waals surface area contributed by atoms with Gasteiger partial charge in [0, 0.05) is 36.6 Å². The number of Topliss-reactive ketones (excluding diaryl/α,β-unsaturated/α-hetero) is 1. The largest absolute Gasteiger partial charge is 0.492 e. The van der Waals surface area contributed by atoms with E-state index < -0.39 is 0 Å². The van der Waals surface area contributed by atoms with Crippen molar-refractivity contribution in [3.8, 4) is 17.2 Å². The van der Waals surface area contributed by atoms with Crippen LogP contribution in [0.1, 0.15) is 29.3 Å². The summed E-state index contributed by atoms with van der Waals surface area (Å²) < 4.78 is 12.2. The zero-order valence-corrected chi connectivity index (χ0v) is 19.7. The van der Waals surface area contributed by atoms with E-state index >= 15 is 0 Å². The number of aliphatic imine (C=N–C) groups is 1. The van der Waals surface area contributed by atoms with Crippen molar-refractivity contribution < 1.29 is 14.3 Å². The number of hydrogen-bond donors (Lipinski definition) is 1. The van der Waals surface area contributed by atoms with Gasteiger partial charge in [0.05, 0.1) is 11.6 Å². The minimum absolute atomic E-state index is 0.107. The molecule has 6 nitrogen and oxygen atoms in total. The van der Waals surface area contributed by atoms with Gasteiger partial charge in [-0.2, -0.15) is 0 Å². The van der Waals surface area contributed by atoms with Gasteiger partial charge in [-0.3, -0.25) is 4.79 Å². The van der Waals surface area contributed by atoms with Crippen LogP contribution < -0.4 is 14.8 Å². The molecule has 2 aliphatic heterocycles. The first-order chi connectivity index (χ1) is 16.6. The number of halogens is 1. The Morgan fingerprint density at radius 1 is 1.15 bits per heavy atom. The van der Waals surface area contributed by atoms with Gasteiger partial charge in [-0.25, -0.2) is 4.99 Å². The molecule has 1 fully saturated rings. The topological polar surface area (TPSA) is 63.2 Å². The molecule has 3 aromatic carbocycles. The molecule has 0 aliphatic carbocycles. The molecule has 0 bridgehead atoms. The molecule has 0 spiro atoms. The molecule has 174 valence electrons. The van der Waals surface area contributed by atoms with Crippen LogP contribution >= 0.6 is 11.6 Å². The minimum atomic E-state index is 0.107. The molecular formula is C27H26ClN3O3. The van der Waals surface area contributed by atoms with Gasteiger partial charge in [0.15, 0.2) is 11.5 Å². The fourth-order valence-electron chi connectivity index (χ4n) is 4.20. The first kappa shape index (κ1) is 22.4. The van der Waals surface area contributed by atoms with Crippen molar-refractivity contribution in [1.29, 1.82) is 0 Å². The van der Waals surface area contributed by atoms with Crippen molar-refractivity contribution in [3.05, 3.63) is 82.9 Å². The molecular weight excluding hydrogens is 450 g/mol. The summed E-state index contributed by atoms with van der Waals surface area (Å²) >= 11 is 6.35. The second-order valence-corrected chi connectivity index (χ2v) is 8.79. The van der Waals surface area contributed by atoms with Gasteiger partial charge in [0.1, 0.15) is 29.6 Å². The first-order valence-corrected chi connectivity index (χ1v) is 11.9. The average molecular weight is 476 g/mol. The lowest BCUT2D eigenvalue weighted by molar-refractivity contribution is 0.0988. The molecule has 3 aromatic rings. The highest BCUT2D eigenvalue weighted by Gasteiger charge is 2.27. The van der Waals surface area contributed by atoms with E-state index in [-0.39, 0.29) is 11.8 Å². The lowest BCUT2D eigenvalue weighted by Gasteiger charge is -2.35. The molecule has 34 heavy (non-hydrogen) atoms. The molecule has 0 aromatic heterocycles. The Hall–Kier alpha value is -3.35. The van der Waals surface area contributed by atoms with E-state index in [1.54, 1.807) is 0 Å². The van der Waals surface area contributed by atoms with E-state index in [2.05, 4.69) is 10.2 Å². The maximum Gasteiger partial charge on any atom is 0.162 e. The van der Waals surface area contributed by atoms with Crippen molar-refractivity contribution in [2.45, 2.75) is 19.4 Å². The monoisotopic (exact) mass is 475 g/mol. The molecule has 1 N–H and O–H groups in total. The molecule has 5 rings (SSSR count). The second kappa shape index (κ2) is 9.87. The Kier molecular flexibility index (Phi) is 6.52. The normalized spacial score (nSPS) is 17.1. The number of ketones is 1. The summed E-state index contributed by atoms with van der Waals surface area (Å²) in [5.41, 5.74) is 2.38. The first-order valence-electron chi connectivity index (χ1n) is 11.5. The van der Waals surface area contributed by atoms with Crippen LogP contribution in [-0.4, -0.2) is 48.8 Å². The van der Waals surface area contributed by atoms with Crippen LogP contribution in [0.5, 0.6) is 17.2 Å². The predicted octanol–water partition coefficient (Wildman–Crippen LogP) is 5.47. The summed E-state index contributed by atoms with van der Waals surface area (Å²) in [4.78, 5) is 19.1. The molecule has 0 amide bonds. The number of nitrogens with one attached hydrogen (secondary N) is 1. The maximum absolute atomic E-state index is 11.8. The third-order valence-electron chi connectivity index (χ3n) is 6.00. The fraction of sp³-hybridized carbons (Fsp3) is 0.259. The predicted molar refractivity (Wildman–Crippen MR) is 134 cm³/mol. The van der Waals surface area contributed by atoms with Crippen LogP contribution in [0.3, 0.4) is 0 Å². The Labute approximate surface area is 204 Å². The van der Waals surface area contributed by atoms with E-state index in [4.69, 9.17) is 26.1 Å². The smallest absolute Gasteiger partial charge is 0.162 e. The SMILES string of the molecule is CCC(=O)c1ccc(OC[C@H]2CN(C3=Nc4ccccc4Oc4ccc(Cl)cc43)CCN2)cc1. The maximum atomic E-state index is 11.8. The number of rotatable bonds is 5. The number of nitrogens with zero attached hydrogens (tertiary/aromatic N) is 2. The standard InChI is InChI=1S/C27H26ClN3O3/c1-2-24(32)18-7-10-21(11-8-18)33-17-20-16-31(14-13-29-20)27-22-15-19(28)9-12-25(22)34-26-6-4-3-5-23(26)30-27/h3-12,15,20,29H,2,13-14,16-17H2,1H3/t20-/m1/s1. The highest BCUT2D eigenvalue weighted by Crippen LogP contribution is 2.39. The van der Waals surface area contributed by atoms with Gasteiger partial charge in [-0.1, -0.05) is 30.7 Å². The van der Waals surface area contributed by atoms with Crippen molar-refractivity contribution in [1.82, 2.24) is 10.2 Å². The number of benzene rings is 3. The number of para-hydroxylation sites is 2. The number of carbonyl (C=O) groups excluding carboxylic acids is 1. The molecule has 0 saturated carbocycles. The summed E-state index contributed by atoms with van der Waals surface area (Å²) in [6, 6.07) is 20.9. The van der Waals surface area contributed by atoms with Gasteiger partial charge in [0.25, 0.3) is 0 Å². The number of carbonyl (C=O) groups is 1. The quantitative estimate of drug-likeness (QED) is 0.496. The highest BCUT2D eigenvalue weighted by molar-refractivity contribution is 6.31. The van der Waals surface area contributed by atoms with Crippen LogP contribution in [0.2, 0.25) is 5.02 Å². The van der Waals surface area contributed by atoms with Crippen LogP contribution in [0.15, 0.2) is 71.7 Å². The van der Waals surface area contributed by atoms with Crippen LogP contribution in [0.25, 0.3) is 0 Å². The molecule has 1 saturated heterocycles. The summed E-state index contributed by atoms with van der Waals surface area (Å²) in [6.07, 6.45) is 0.496. The number of amidine groups is 1. The van der Waals surface area contributed by atoms with E-state index in [9.17, 15) is 4.79 Å². The molecule has 1 atom stereocenters. The number of ether oxygens (including phenoxy) is 2. The Morgan fingerprint density at radius 3 is 2.79 bits per heavy atom. The average Bonchev–Trinajstić information content (AvgIpc) is 3.04. The highest BCUT2D eigenvalue weighted by atomic mass is 35.5. The molecule has 0 unspecified atom stereocenters. The van der Waals surface area contributed by atoms with Crippen LogP contribution in [0.4, 0.5) is 5.69 Å². The Morgan fingerprint density at radius 2 is 1.97 bits per heavy atom. The third kappa shape index (κ3) is 4.79. The summed E-state index contributed by atoms with van der Waals surface area (Å²) in [5, 5.41) is 4.17. The molecule has 0 radical (unpaired) electrons. The molecule has 7 heteroatoms. The van der Waals surface area contributed by atoms with E-state index in [0.29, 0.717) is 23.6 Å². The number of fused-ring (bicyclic) bond motifs is 2. The van der Waals surface area contributed by atoms with Gasteiger partial charge >= 0.3 is 0 Å². The van der Waals surface area contributed by atoms with Gasteiger partial charge < -0.3 is 19.7 Å². The van der Waals surface area contributed by atoms with E-state index in [1.807, 2.05) is 73.7 Å². The lowest BCUT2D eigenvalue weighted by atomic mass is 10.1. The summed E-state index contributed by atoms with van der Waals surface area (Å²) in [5.74, 6) is 3.18. The van der Waals surface area contributed by atoms with Crippen LogP contribution in [-0.2, 0) is 0 Å². The lowest BCUT2D eigenvalue weighted by Crippen LogP contribution is -2.54. The zero-order chi connectivity index (χ0) is 23.5. The van der Waals surface area contributed by atoms with E-state index in [1.165, 1.54) is 0 Å². The minimum Gasteiger partial charge on any atom is -0.492 e. The third-order valence-corrected chi connectivity index (χ3v) is 6.23. The number of hydrogen-bond acceptors (Lipinski definition) is 6. The van der Waals surface area contributed by atoms with Gasteiger partial charge in [0.2, 0.25) is 0 Å². The summed E-state index contributed by atoms with van der Waals surface area (Å²) in [7, 11) is 0. The fourth-order valence-corrected chi connectivity index (χ4v) is 4.38. The molecule has 2 aliphatic rings. The second-order valence-electron chi connectivity index (χ2n) is 8.35. The molecule has 2 heterocycles.